The number of hydrogen-bond donors (Lipinski definition) is 7. The van der Waals surface area contributed by atoms with Gasteiger partial charge in [0.25, 0.3) is 5.91 Å². The lowest BCUT2D eigenvalue weighted by atomic mass is 9.74. The third kappa shape index (κ3) is 7.18. The summed E-state index contributed by atoms with van der Waals surface area (Å²) in [5.41, 5.74) is -0.554. The molecule has 1 aromatic carbocycles. The highest BCUT2D eigenvalue weighted by atomic mass is 16.3. The molecular weight excluding hydrogens is 594 g/mol. The van der Waals surface area contributed by atoms with Crippen LogP contribution in [0.4, 0.5) is 0 Å². The molecule has 0 radical (unpaired) electrons. The molecule has 0 saturated carbocycles. The molecule has 12 atom stereocenters. The van der Waals surface area contributed by atoms with Gasteiger partial charge in [-0.1, -0.05) is 66.7 Å². The van der Waals surface area contributed by atoms with Crippen LogP contribution < -0.4 is 10.6 Å². The normalized spacial score (nSPS) is 39.0. The third-order valence-electron chi connectivity index (χ3n) is 10.1. The summed E-state index contributed by atoms with van der Waals surface area (Å²) in [5, 5.41) is 76.9. The molecule has 0 fully saturated rings. The fraction of sp³-hybridized carbons (Fsp3) is 0.600. The molecule has 1 aromatic rings. The first-order valence-corrected chi connectivity index (χ1v) is 15.9. The van der Waals surface area contributed by atoms with E-state index in [1.165, 1.54) is 19.9 Å². The van der Waals surface area contributed by atoms with Gasteiger partial charge < -0.3 is 35.7 Å². The molecule has 254 valence electrons. The zero-order valence-electron chi connectivity index (χ0n) is 27.7. The molecule has 0 saturated heterocycles. The second kappa shape index (κ2) is 14.7. The maximum Gasteiger partial charge on any atom is 0.273 e. The molecule has 4 rings (SSSR count). The first-order valence-electron chi connectivity index (χ1n) is 15.9. The van der Waals surface area contributed by atoms with Gasteiger partial charge in [-0.3, -0.25) is 14.4 Å². The molecule has 3 aliphatic rings. The van der Waals surface area contributed by atoms with Crippen molar-refractivity contribution >= 4 is 23.0 Å². The molecule has 11 nitrogen and oxygen atoms in total. The first-order chi connectivity index (χ1) is 21.3. The quantitative estimate of drug-likeness (QED) is 0.202. The molecular formula is C35H49NO10. The summed E-state index contributed by atoms with van der Waals surface area (Å²) >= 11 is 0. The molecule has 2 aliphatic heterocycles. The number of ketones is 2. The number of aliphatic hydroxyl groups excluding tert-OH is 5. The molecule has 0 aromatic heterocycles. The van der Waals surface area contributed by atoms with Crippen molar-refractivity contribution in [2.75, 3.05) is 0 Å². The van der Waals surface area contributed by atoms with Crippen LogP contribution in [0.1, 0.15) is 73.5 Å². The number of aromatic hydroxyl groups is 2. The van der Waals surface area contributed by atoms with Gasteiger partial charge in [0.05, 0.1) is 42.0 Å². The zero-order chi connectivity index (χ0) is 34.9. The predicted octanol–water partition coefficient (Wildman–Crippen LogP) is 1.38. The largest absolute Gasteiger partial charge is 0.507 e. The van der Waals surface area contributed by atoms with Gasteiger partial charge in [0.15, 0.2) is 11.6 Å². The summed E-state index contributed by atoms with van der Waals surface area (Å²) in [4.78, 5) is 44.1. The number of fused-ring (bicyclic) bond motifs is 16. The van der Waals surface area contributed by atoms with E-state index >= 15 is 0 Å². The van der Waals surface area contributed by atoms with Crippen molar-refractivity contribution in [1.29, 1.82) is 0 Å². The lowest BCUT2D eigenvalue weighted by Gasteiger charge is -2.37. The van der Waals surface area contributed by atoms with Gasteiger partial charge in [-0.2, -0.15) is 0 Å². The number of allylic oxidation sites excluding steroid dienone is 2. The van der Waals surface area contributed by atoms with Crippen LogP contribution in [-0.4, -0.2) is 77.6 Å². The summed E-state index contributed by atoms with van der Waals surface area (Å²) in [5.74, 6) is -8.65. The lowest BCUT2D eigenvalue weighted by Crippen LogP contribution is -2.46. The van der Waals surface area contributed by atoms with Crippen molar-refractivity contribution in [2.45, 2.75) is 92.3 Å². The van der Waals surface area contributed by atoms with E-state index in [4.69, 9.17) is 0 Å². The van der Waals surface area contributed by atoms with Crippen LogP contribution in [0.25, 0.3) is 5.57 Å². The van der Waals surface area contributed by atoms with Crippen molar-refractivity contribution in [1.82, 2.24) is 0 Å². The Bertz CT molecular complexity index is 1530. The van der Waals surface area contributed by atoms with E-state index in [2.05, 4.69) is 4.99 Å². The summed E-state index contributed by atoms with van der Waals surface area (Å²) in [6, 6.07) is 0.959. The number of phenols is 2. The Kier molecular flexibility index (Phi) is 11.9. The highest BCUT2D eigenvalue weighted by Gasteiger charge is 2.41. The van der Waals surface area contributed by atoms with E-state index in [9.17, 15) is 50.1 Å². The topological polar surface area (TPSA) is 205 Å². The SMILES string of the molecule is C/C1=C/C=C/[C@H](C)[C@H](O)[C@@H](C)[C@@H](O)C(C)[C@H](O)[C@H](C)[C@@H](O)C(C)CC(C)C(=O)C2=c3c(O)cc(c(O)c3C(O)C(C)C2=O)=NC1=O. The zero-order valence-corrected chi connectivity index (χ0v) is 27.7. The maximum absolute atomic E-state index is 13.8. The number of phenolic OH excluding ortho intramolecular Hbond substituents is 2. The van der Waals surface area contributed by atoms with Gasteiger partial charge in [-0.25, -0.2) is 4.99 Å². The number of carbonyl (C=O) groups is 3. The number of amides is 1. The van der Waals surface area contributed by atoms with Crippen LogP contribution in [0.2, 0.25) is 0 Å². The molecule has 7 N–H and O–H groups in total. The Hall–Kier alpha value is -3.22. The smallest absolute Gasteiger partial charge is 0.273 e. The molecule has 1 aliphatic carbocycles. The lowest BCUT2D eigenvalue weighted by molar-refractivity contribution is -0.125. The van der Waals surface area contributed by atoms with E-state index in [-0.39, 0.29) is 28.1 Å². The molecule has 5 unspecified atom stereocenters. The minimum Gasteiger partial charge on any atom is -0.507 e. The molecule has 11 heteroatoms. The number of hydrogen-bond acceptors (Lipinski definition) is 10. The van der Waals surface area contributed by atoms with Crippen LogP contribution in [-0.2, 0) is 14.4 Å². The van der Waals surface area contributed by atoms with Gasteiger partial charge in [-0.15, -0.1) is 0 Å². The standard InChI is InChI=1S/C35H49NO10/c1-14-10-9-11-15(2)35(46)36-22-13-23(37)24-25(32(43)21(8)33(44)26(24)34(22)45)29(40)17(4)12-16(3)28(39)19(6)31(42)20(7)30(41)18(5)27(14)38/h9-11,13-14,16-21,27-28,30-31,33,37-39,41-42,44-45H,12H2,1-8H3/b10-9+,15-11-,36-22?/t14-,16?,17?,18+,19+,20?,21?,27-,28-,30+,31+,33?/m0/s1. The Balaban J connectivity index is 2.24. The van der Waals surface area contributed by atoms with Crippen LogP contribution >= 0.6 is 0 Å². The first kappa shape index (κ1) is 37.2. The van der Waals surface area contributed by atoms with E-state index in [0.717, 1.165) is 6.07 Å². The summed E-state index contributed by atoms with van der Waals surface area (Å²) in [6.45, 7) is 12.8. The van der Waals surface area contributed by atoms with Gasteiger partial charge in [0, 0.05) is 52.0 Å². The molecule has 4 bridgehead atoms. The maximum atomic E-state index is 13.8. The highest BCUT2D eigenvalue weighted by Crippen LogP contribution is 2.35. The Morgan fingerprint density at radius 2 is 1.30 bits per heavy atom. The van der Waals surface area contributed by atoms with Crippen LogP contribution in [0.15, 0.2) is 34.9 Å². The monoisotopic (exact) mass is 643 g/mol. The number of nitrogens with zero attached hydrogens (tertiary/aromatic N) is 1. The number of Topliss-reactive ketones (excluding diaryl/α,β-unsaturated/α-hetero) is 2. The summed E-state index contributed by atoms with van der Waals surface area (Å²) in [6.07, 6.45) is -1.33. The number of aliphatic hydroxyl groups is 5. The van der Waals surface area contributed by atoms with Crippen molar-refractivity contribution in [3.8, 4) is 11.5 Å². The Labute approximate surface area is 269 Å². The van der Waals surface area contributed by atoms with Crippen LogP contribution in [0.5, 0.6) is 11.5 Å². The second-order valence-electron chi connectivity index (χ2n) is 13.6. The van der Waals surface area contributed by atoms with Crippen LogP contribution in [0, 0.1) is 41.4 Å². The summed E-state index contributed by atoms with van der Waals surface area (Å²) in [7, 11) is 0. The second-order valence-corrected chi connectivity index (χ2v) is 13.6. The van der Waals surface area contributed by atoms with Gasteiger partial charge in [0.1, 0.15) is 16.9 Å². The minimum atomic E-state index is -1.60. The molecule has 2 heterocycles. The van der Waals surface area contributed by atoms with Gasteiger partial charge in [-0.05, 0) is 19.3 Å². The van der Waals surface area contributed by atoms with Gasteiger partial charge >= 0.3 is 0 Å². The third-order valence-corrected chi connectivity index (χ3v) is 10.1. The predicted molar refractivity (Wildman–Crippen MR) is 170 cm³/mol. The van der Waals surface area contributed by atoms with Crippen molar-refractivity contribution in [3.63, 3.8) is 0 Å². The van der Waals surface area contributed by atoms with Crippen molar-refractivity contribution in [3.05, 3.63) is 46.0 Å². The van der Waals surface area contributed by atoms with Crippen molar-refractivity contribution in [2.24, 2.45) is 46.4 Å². The number of rotatable bonds is 0. The Morgan fingerprint density at radius 1 is 0.761 bits per heavy atom. The fourth-order valence-electron chi connectivity index (χ4n) is 6.66. The number of carbonyl (C=O) groups excluding carboxylic acids is 3. The van der Waals surface area contributed by atoms with Crippen molar-refractivity contribution < 1.29 is 50.1 Å². The van der Waals surface area contributed by atoms with E-state index in [0.29, 0.717) is 0 Å². The van der Waals surface area contributed by atoms with Crippen LogP contribution in [0.3, 0.4) is 0 Å². The van der Waals surface area contributed by atoms with Gasteiger partial charge in [0.2, 0.25) is 0 Å². The van der Waals surface area contributed by atoms with E-state index < -0.39 is 106 Å². The fourth-order valence-corrected chi connectivity index (χ4v) is 6.66. The number of benzene rings is 1. The Morgan fingerprint density at radius 3 is 1.89 bits per heavy atom. The van der Waals surface area contributed by atoms with E-state index in [1.54, 1.807) is 53.7 Å². The molecule has 46 heavy (non-hydrogen) atoms. The average molecular weight is 644 g/mol. The average Bonchev–Trinajstić information content (AvgIpc) is 3.02. The van der Waals surface area contributed by atoms with E-state index in [1.807, 2.05) is 0 Å². The molecule has 1 amide bonds. The highest BCUT2D eigenvalue weighted by molar-refractivity contribution is 6.42. The molecule has 0 spiro atoms. The summed E-state index contributed by atoms with van der Waals surface area (Å²) < 4.78 is 0. The minimum absolute atomic E-state index is 0.0796.